The van der Waals surface area contributed by atoms with Crippen LogP contribution in [0.3, 0.4) is 0 Å². The highest BCUT2D eigenvalue weighted by molar-refractivity contribution is 7.47. The van der Waals surface area contributed by atoms with E-state index in [1.165, 1.54) is 83.5 Å². The third kappa shape index (κ3) is 30.9. The van der Waals surface area contributed by atoms with Gasteiger partial charge in [0, 0.05) is 12.8 Å². The van der Waals surface area contributed by atoms with Crippen LogP contribution in [-0.4, -0.2) is 103 Å². The van der Waals surface area contributed by atoms with Crippen LogP contribution < -0.4 is 0 Å². The molecular weight excluding hydrogens is 858 g/mol. The van der Waals surface area contributed by atoms with Gasteiger partial charge in [0.1, 0.15) is 43.2 Å². The van der Waals surface area contributed by atoms with E-state index >= 15 is 0 Å². The van der Waals surface area contributed by atoms with E-state index in [0.717, 1.165) is 57.8 Å². The van der Waals surface area contributed by atoms with Crippen LogP contribution in [0, 0.1) is 0 Å². The molecule has 1 fully saturated rings. The highest BCUT2D eigenvalue weighted by atomic mass is 31.2. The number of hydrogen-bond acceptors (Lipinski definition) is 13. The summed E-state index contributed by atoms with van der Waals surface area (Å²) in [6.45, 7) is 3.05. The first kappa shape index (κ1) is 59.2. The fourth-order valence-electron chi connectivity index (χ4n) is 7.03. The number of unbranched alkanes of at least 4 members (excludes halogenated alkanes) is 19. The lowest BCUT2D eigenvalue weighted by atomic mass is 9.85. The summed E-state index contributed by atoms with van der Waals surface area (Å²) in [6, 6.07) is 0. The van der Waals surface area contributed by atoms with Crippen LogP contribution in [-0.2, 0) is 41.8 Å². The van der Waals surface area contributed by atoms with Gasteiger partial charge in [0.25, 0.3) is 0 Å². The van der Waals surface area contributed by atoms with Crippen molar-refractivity contribution in [1.82, 2.24) is 0 Å². The molecule has 0 spiro atoms. The molecule has 1 aliphatic carbocycles. The van der Waals surface area contributed by atoms with Gasteiger partial charge < -0.3 is 44.6 Å². The molecule has 0 bridgehead atoms. The normalized spacial score (nSPS) is 22.2. The lowest BCUT2D eigenvalue weighted by Gasteiger charge is -2.43. The Labute approximate surface area is 376 Å². The molecule has 0 heterocycles. The van der Waals surface area contributed by atoms with Crippen LogP contribution in [0.4, 0.5) is 0 Å². The number of ether oxygens (including phenoxy) is 2. The summed E-state index contributed by atoms with van der Waals surface area (Å²) in [5, 5.41) is 41.2. The van der Waals surface area contributed by atoms with Gasteiger partial charge in [-0.1, -0.05) is 153 Å². The smallest absolute Gasteiger partial charge is 0.462 e. The van der Waals surface area contributed by atoms with E-state index in [2.05, 4.69) is 54.8 Å². The number of allylic oxidation sites excluding steroid dienone is 6. The minimum atomic E-state index is -5.36. The second-order valence-electron chi connectivity index (χ2n) is 16.5. The zero-order valence-corrected chi connectivity index (χ0v) is 39.8. The molecular formula is C45H82O16P2. The number of phosphoric acid groups is 2. The van der Waals surface area contributed by atoms with Crippen LogP contribution in [0.1, 0.15) is 181 Å². The molecule has 0 saturated heterocycles. The SMILES string of the molecule is CCCCC/C=C\C/C=C\C/C=C\CCCCC(=O)OC[C@H](COP(=O)(O)O[C@H]1C(O)C(O)C(O)[C@@H](OP(=O)(O)O)C1O)OC(=O)CCCCCCCCCCCCCCCCC. The number of aliphatic hydroxyl groups is 4. The van der Waals surface area contributed by atoms with Gasteiger partial charge in [-0.3, -0.25) is 23.2 Å². The van der Waals surface area contributed by atoms with Crippen molar-refractivity contribution >= 4 is 27.6 Å². The summed E-state index contributed by atoms with van der Waals surface area (Å²) >= 11 is 0. The molecule has 1 rings (SSSR count). The van der Waals surface area contributed by atoms with Crippen molar-refractivity contribution in [2.75, 3.05) is 13.2 Å². The van der Waals surface area contributed by atoms with Gasteiger partial charge in [0.15, 0.2) is 6.10 Å². The van der Waals surface area contributed by atoms with Crippen LogP contribution in [0.15, 0.2) is 36.5 Å². The first-order valence-corrected chi connectivity index (χ1v) is 26.6. The molecule has 0 aliphatic heterocycles. The van der Waals surface area contributed by atoms with Gasteiger partial charge in [-0.05, 0) is 51.4 Å². The molecule has 1 saturated carbocycles. The molecule has 16 nitrogen and oxygen atoms in total. The molecule has 8 atom stereocenters. The van der Waals surface area contributed by atoms with Gasteiger partial charge in [0.2, 0.25) is 0 Å². The Bertz CT molecular complexity index is 1370. The predicted molar refractivity (Wildman–Crippen MR) is 241 cm³/mol. The van der Waals surface area contributed by atoms with E-state index in [1.807, 2.05) is 0 Å². The van der Waals surface area contributed by atoms with Crippen LogP contribution in [0.25, 0.3) is 0 Å². The molecule has 7 N–H and O–H groups in total. The standard InChI is InChI=1S/C45H82O16P2/c1-3-5-7-9-11-13-15-17-19-21-23-25-27-29-31-33-38(46)57-35-37(59-39(47)34-32-30-28-26-24-22-20-18-16-14-12-10-8-6-4-2)36-58-63(55,56)61-45-42(50)40(48)41(49)44(43(45)51)60-62(52,53)54/h11,13,17,19,23,25,37,40-45,48-51H,3-10,12,14-16,18,20-22,24,26-36H2,1-2H3,(H,55,56)(H2,52,53,54)/b13-11-,19-17-,25-23-/t37-,40?,41?,42?,43?,44-,45+/m1/s1. The van der Waals surface area contributed by atoms with E-state index in [9.17, 15) is 44.0 Å². The van der Waals surface area contributed by atoms with Crippen molar-refractivity contribution in [2.45, 2.75) is 224 Å². The Morgan fingerprint density at radius 2 is 0.921 bits per heavy atom. The van der Waals surface area contributed by atoms with Crippen molar-refractivity contribution in [2.24, 2.45) is 0 Å². The Balaban J connectivity index is 2.62. The van der Waals surface area contributed by atoms with E-state index in [4.69, 9.17) is 28.3 Å². The maximum atomic E-state index is 13.0. The molecule has 0 aromatic heterocycles. The molecule has 18 heteroatoms. The third-order valence-electron chi connectivity index (χ3n) is 10.7. The van der Waals surface area contributed by atoms with Gasteiger partial charge in [0.05, 0.1) is 6.61 Å². The van der Waals surface area contributed by atoms with Crippen LogP contribution >= 0.6 is 15.6 Å². The molecule has 0 aromatic carbocycles. The maximum absolute atomic E-state index is 13.0. The molecule has 0 aromatic rings. The number of carbonyl (C=O) groups excluding carboxylic acids is 2. The van der Waals surface area contributed by atoms with Crippen LogP contribution in [0.2, 0.25) is 0 Å². The van der Waals surface area contributed by atoms with Crippen molar-refractivity contribution in [1.29, 1.82) is 0 Å². The first-order valence-electron chi connectivity index (χ1n) is 23.5. The van der Waals surface area contributed by atoms with Gasteiger partial charge in [-0.15, -0.1) is 0 Å². The number of hydrogen-bond donors (Lipinski definition) is 7. The summed E-state index contributed by atoms with van der Waals surface area (Å²) in [7, 11) is -10.7. The Morgan fingerprint density at radius 3 is 1.43 bits per heavy atom. The minimum Gasteiger partial charge on any atom is -0.462 e. The summed E-state index contributed by atoms with van der Waals surface area (Å²) in [5.41, 5.74) is 0. The number of carbonyl (C=O) groups is 2. The highest BCUT2D eigenvalue weighted by Gasteiger charge is 2.54. The van der Waals surface area contributed by atoms with Crippen molar-refractivity contribution in [3.63, 3.8) is 0 Å². The van der Waals surface area contributed by atoms with Crippen molar-refractivity contribution in [3.8, 4) is 0 Å². The number of rotatable bonds is 39. The van der Waals surface area contributed by atoms with E-state index < -0.39 is 83.5 Å². The lowest BCUT2D eigenvalue weighted by Crippen LogP contribution is -2.64. The molecule has 0 amide bonds. The number of aliphatic hydroxyl groups excluding tert-OH is 4. The average Bonchev–Trinajstić information content (AvgIpc) is 3.23. The fourth-order valence-corrected chi connectivity index (χ4v) is 8.57. The third-order valence-corrected chi connectivity index (χ3v) is 12.2. The average molecular weight is 941 g/mol. The fraction of sp³-hybridized carbons (Fsp3) is 0.822. The Morgan fingerprint density at radius 1 is 0.508 bits per heavy atom. The van der Waals surface area contributed by atoms with E-state index in [-0.39, 0.29) is 12.8 Å². The van der Waals surface area contributed by atoms with Gasteiger partial charge >= 0.3 is 27.6 Å². The molecule has 1 aliphatic rings. The second-order valence-corrected chi connectivity index (χ2v) is 19.1. The quantitative estimate of drug-likeness (QED) is 0.0132. The summed E-state index contributed by atoms with van der Waals surface area (Å²) in [6.07, 6.45) is 23.9. The lowest BCUT2D eigenvalue weighted by molar-refractivity contribution is -0.216. The zero-order chi connectivity index (χ0) is 46.8. The Kier molecular flexibility index (Phi) is 34.2. The van der Waals surface area contributed by atoms with Gasteiger partial charge in [-0.25, -0.2) is 9.13 Å². The molecule has 0 radical (unpaired) electrons. The molecule has 368 valence electrons. The minimum absolute atomic E-state index is 0.0388. The maximum Gasteiger partial charge on any atom is 0.472 e. The highest BCUT2D eigenvalue weighted by Crippen LogP contribution is 2.49. The van der Waals surface area contributed by atoms with E-state index in [1.54, 1.807) is 0 Å². The van der Waals surface area contributed by atoms with Crippen LogP contribution in [0.5, 0.6) is 0 Å². The monoisotopic (exact) mass is 941 g/mol. The largest absolute Gasteiger partial charge is 0.472 e. The summed E-state index contributed by atoms with van der Waals surface area (Å²) < 4.78 is 49.3. The zero-order valence-electron chi connectivity index (χ0n) is 38.0. The van der Waals surface area contributed by atoms with Gasteiger partial charge in [-0.2, -0.15) is 0 Å². The Hall–Kier alpha value is -1.78. The number of esters is 2. The van der Waals surface area contributed by atoms with Crippen molar-refractivity contribution < 1.29 is 76.9 Å². The second kappa shape index (κ2) is 36.4. The van der Waals surface area contributed by atoms with E-state index in [0.29, 0.717) is 12.8 Å². The van der Waals surface area contributed by atoms with Crippen molar-refractivity contribution in [3.05, 3.63) is 36.5 Å². The first-order chi connectivity index (χ1) is 30.1. The number of phosphoric ester groups is 2. The molecule has 5 unspecified atom stereocenters. The predicted octanol–water partition coefficient (Wildman–Crippen LogP) is 8.73. The topological polar surface area (TPSA) is 256 Å². The molecule has 63 heavy (non-hydrogen) atoms. The summed E-state index contributed by atoms with van der Waals surface area (Å²) in [4.78, 5) is 54.2. The summed E-state index contributed by atoms with van der Waals surface area (Å²) in [5.74, 6) is -1.25.